The molecule has 5 heteroatoms. The molecule has 1 atom stereocenters. The SMILES string of the molecule is Cc1ccc(CO)cc1NC(=O)C(C)Oc1ccccc1Cl. The van der Waals surface area contributed by atoms with Crippen molar-refractivity contribution in [2.75, 3.05) is 5.32 Å². The van der Waals surface area contributed by atoms with E-state index in [9.17, 15) is 4.79 Å². The Morgan fingerprint density at radius 2 is 2.05 bits per heavy atom. The molecule has 2 aromatic carbocycles. The van der Waals surface area contributed by atoms with Crippen LogP contribution in [-0.2, 0) is 11.4 Å². The summed E-state index contributed by atoms with van der Waals surface area (Å²) >= 11 is 6.01. The van der Waals surface area contributed by atoms with Crippen molar-refractivity contribution < 1.29 is 14.6 Å². The molecule has 2 aromatic rings. The molecule has 0 spiro atoms. The molecule has 0 heterocycles. The summed E-state index contributed by atoms with van der Waals surface area (Å²) < 4.78 is 5.58. The third kappa shape index (κ3) is 4.00. The Morgan fingerprint density at radius 3 is 2.73 bits per heavy atom. The number of halogens is 1. The Bertz CT molecular complexity index is 673. The minimum absolute atomic E-state index is 0.0746. The van der Waals surface area contributed by atoms with Crippen LogP contribution in [0.3, 0.4) is 0 Å². The van der Waals surface area contributed by atoms with E-state index in [2.05, 4.69) is 5.32 Å². The zero-order valence-electron chi connectivity index (χ0n) is 12.5. The van der Waals surface area contributed by atoms with Crippen LogP contribution in [0.15, 0.2) is 42.5 Å². The van der Waals surface area contributed by atoms with Crippen molar-refractivity contribution >= 4 is 23.2 Å². The molecule has 0 fully saturated rings. The molecule has 0 bridgehead atoms. The van der Waals surface area contributed by atoms with Crippen molar-refractivity contribution in [1.29, 1.82) is 0 Å². The van der Waals surface area contributed by atoms with Crippen LogP contribution in [0.25, 0.3) is 0 Å². The molecular weight excluding hydrogens is 302 g/mol. The first kappa shape index (κ1) is 16.3. The van der Waals surface area contributed by atoms with Gasteiger partial charge in [-0.05, 0) is 43.2 Å². The third-order valence-corrected chi connectivity index (χ3v) is 3.56. The first-order valence-electron chi connectivity index (χ1n) is 6.93. The van der Waals surface area contributed by atoms with Crippen LogP contribution in [0, 0.1) is 6.92 Å². The monoisotopic (exact) mass is 319 g/mol. The highest BCUT2D eigenvalue weighted by Crippen LogP contribution is 2.24. The van der Waals surface area contributed by atoms with Crippen molar-refractivity contribution in [2.24, 2.45) is 0 Å². The van der Waals surface area contributed by atoms with Gasteiger partial charge in [0, 0.05) is 5.69 Å². The van der Waals surface area contributed by atoms with E-state index in [1.807, 2.05) is 19.1 Å². The Labute approximate surface area is 134 Å². The van der Waals surface area contributed by atoms with Crippen LogP contribution in [-0.4, -0.2) is 17.1 Å². The van der Waals surface area contributed by atoms with Gasteiger partial charge in [0.1, 0.15) is 5.75 Å². The molecule has 4 nitrogen and oxygen atoms in total. The molecule has 2 N–H and O–H groups in total. The number of anilines is 1. The standard InChI is InChI=1S/C17H18ClNO3/c1-11-7-8-13(10-20)9-15(11)19-17(21)12(2)22-16-6-4-3-5-14(16)18/h3-9,12,20H,10H2,1-2H3,(H,19,21). The van der Waals surface area contributed by atoms with E-state index in [1.165, 1.54) is 0 Å². The Kier molecular flexibility index (Phi) is 5.41. The zero-order valence-corrected chi connectivity index (χ0v) is 13.2. The quantitative estimate of drug-likeness (QED) is 0.886. The van der Waals surface area contributed by atoms with E-state index < -0.39 is 6.10 Å². The number of carbonyl (C=O) groups is 1. The fourth-order valence-electron chi connectivity index (χ4n) is 1.92. The second-order valence-corrected chi connectivity index (χ2v) is 5.39. The number of aliphatic hydroxyl groups excluding tert-OH is 1. The van der Waals surface area contributed by atoms with E-state index in [0.717, 1.165) is 11.1 Å². The van der Waals surface area contributed by atoms with Crippen LogP contribution in [0.2, 0.25) is 5.02 Å². The molecule has 0 radical (unpaired) electrons. The Morgan fingerprint density at radius 1 is 1.32 bits per heavy atom. The number of benzene rings is 2. The second kappa shape index (κ2) is 7.29. The van der Waals surface area contributed by atoms with E-state index in [0.29, 0.717) is 16.5 Å². The number of aliphatic hydroxyl groups is 1. The highest BCUT2D eigenvalue weighted by Gasteiger charge is 2.17. The van der Waals surface area contributed by atoms with Gasteiger partial charge in [-0.2, -0.15) is 0 Å². The molecule has 1 amide bonds. The van der Waals surface area contributed by atoms with Gasteiger partial charge in [0.05, 0.1) is 11.6 Å². The number of aryl methyl sites for hydroxylation is 1. The van der Waals surface area contributed by atoms with Gasteiger partial charge < -0.3 is 15.2 Å². The lowest BCUT2D eigenvalue weighted by Gasteiger charge is -2.17. The summed E-state index contributed by atoms with van der Waals surface area (Å²) in [5.41, 5.74) is 2.31. The van der Waals surface area contributed by atoms with Crippen LogP contribution in [0.4, 0.5) is 5.69 Å². The zero-order chi connectivity index (χ0) is 16.1. The van der Waals surface area contributed by atoms with Crippen molar-refractivity contribution in [3.63, 3.8) is 0 Å². The van der Waals surface area contributed by atoms with Crippen molar-refractivity contribution in [3.8, 4) is 5.75 Å². The number of rotatable bonds is 5. The van der Waals surface area contributed by atoms with Crippen LogP contribution >= 0.6 is 11.6 Å². The Hall–Kier alpha value is -2.04. The molecule has 22 heavy (non-hydrogen) atoms. The lowest BCUT2D eigenvalue weighted by molar-refractivity contribution is -0.122. The molecular formula is C17H18ClNO3. The molecule has 0 aliphatic heterocycles. The average Bonchev–Trinajstić information content (AvgIpc) is 2.51. The van der Waals surface area contributed by atoms with E-state index in [1.54, 1.807) is 37.3 Å². The van der Waals surface area contributed by atoms with Crippen LogP contribution in [0.5, 0.6) is 5.75 Å². The number of hydrogen-bond donors (Lipinski definition) is 2. The molecule has 0 aromatic heterocycles. The molecule has 0 saturated carbocycles. The number of amides is 1. The maximum absolute atomic E-state index is 12.2. The predicted octanol–water partition coefficient (Wildman–Crippen LogP) is 3.55. The van der Waals surface area contributed by atoms with Gasteiger partial charge in [-0.1, -0.05) is 35.9 Å². The highest BCUT2D eigenvalue weighted by atomic mass is 35.5. The first-order chi connectivity index (χ1) is 10.5. The average molecular weight is 320 g/mol. The van der Waals surface area contributed by atoms with Crippen molar-refractivity contribution in [1.82, 2.24) is 0 Å². The summed E-state index contributed by atoms with van der Waals surface area (Å²) in [4.78, 5) is 12.2. The van der Waals surface area contributed by atoms with Gasteiger partial charge in [-0.15, -0.1) is 0 Å². The fourth-order valence-corrected chi connectivity index (χ4v) is 2.10. The summed E-state index contributed by atoms with van der Waals surface area (Å²) in [7, 11) is 0. The minimum atomic E-state index is -0.697. The van der Waals surface area contributed by atoms with Crippen molar-refractivity contribution in [3.05, 3.63) is 58.6 Å². The molecule has 2 rings (SSSR count). The summed E-state index contributed by atoms with van der Waals surface area (Å²) in [6.07, 6.45) is -0.697. The van der Waals surface area contributed by atoms with Gasteiger partial charge in [0.15, 0.2) is 6.10 Å². The maximum Gasteiger partial charge on any atom is 0.265 e. The molecule has 1 unspecified atom stereocenters. The summed E-state index contributed by atoms with van der Waals surface area (Å²) in [6.45, 7) is 3.47. The van der Waals surface area contributed by atoms with E-state index in [-0.39, 0.29) is 12.5 Å². The summed E-state index contributed by atoms with van der Waals surface area (Å²) in [6, 6.07) is 12.4. The normalized spacial score (nSPS) is 11.8. The number of hydrogen-bond acceptors (Lipinski definition) is 3. The van der Waals surface area contributed by atoms with Gasteiger partial charge in [-0.3, -0.25) is 4.79 Å². The third-order valence-electron chi connectivity index (χ3n) is 3.25. The van der Waals surface area contributed by atoms with Gasteiger partial charge >= 0.3 is 0 Å². The summed E-state index contributed by atoms with van der Waals surface area (Å²) in [5.74, 6) is 0.186. The van der Waals surface area contributed by atoms with Gasteiger partial charge in [0.25, 0.3) is 5.91 Å². The maximum atomic E-state index is 12.2. The second-order valence-electron chi connectivity index (χ2n) is 4.99. The highest BCUT2D eigenvalue weighted by molar-refractivity contribution is 6.32. The number of nitrogens with one attached hydrogen (secondary N) is 1. The van der Waals surface area contributed by atoms with Crippen LogP contribution < -0.4 is 10.1 Å². The van der Waals surface area contributed by atoms with Gasteiger partial charge in [0.2, 0.25) is 0 Å². The Balaban J connectivity index is 2.07. The number of carbonyl (C=O) groups excluding carboxylic acids is 1. The molecule has 0 aliphatic carbocycles. The lowest BCUT2D eigenvalue weighted by Crippen LogP contribution is -2.30. The lowest BCUT2D eigenvalue weighted by atomic mass is 10.1. The molecule has 0 aliphatic rings. The first-order valence-corrected chi connectivity index (χ1v) is 7.31. The van der Waals surface area contributed by atoms with E-state index >= 15 is 0 Å². The number of para-hydroxylation sites is 1. The smallest absolute Gasteiger partial charge is 0.265 e. The fraction of sp³-hybridized carbons (Fsp3) is 0.235. The summed E-state index contributed by atoms with van der Waals surface area (Å²) in [5, 5.41) is 12.4. The van der Waals surface area contributed by atoms with E-state index in [4.69, 9.17) is 21.4 Å². The van der Waals surface area contributed by atoms with Crippen LogP contribution in [0.1, 0.15) is 18.1 Å². The largest absolute Gasteiger partial charge is 0.479 e. The van der Waals surface area contributed by atoms with Gasteiger partial charge in [-0.25, -0.2) is 0 Å². The topological polar surface area (TPSA) is 58.6 Å². The minimum Gasteiger partial charge on any atom is -0.479 e. The molecule has 0 saturated heterocycles. The number of ether oxygens (including phenoxy) is 1. The predicted molar refractivity (Wildman–Crippen MR) is 87.3 cm³/mol. The molecule has 116 valence electrons. The van der Waals surface area contributed by atoms with Crippen molar-refractivity contribution in [2.45, 2.75) is 26.6 Å².